The molecule has 3 aromatic rings. The molecule has 152 valence electrons. The zero-order chi connectivity index (χ0) is 20.9. The summed E-state index contributed by atoms with van der Waals surface area (Å²) in [6.45, 7) is 1.96. The van der Waals surface area contributed by atoms with Gasteiger partial charge in [0.1, 0.15) is 4.88 Å². The average Bonchev–Trinajstić information content (AvgIpc) is 3.23. The van der Waals surface area contributed by atoms with E-state index in [0.717, 1.165) is 12.8 Å². The molecule has 7 heteroatoms. The smallest absolute Gasteiger partial charge is 0.264 e. The SMILES string of the molecule is C[C@@H](CCc1ccccc1)NC(=O)c1sccc1N(C)S(=O)(=O)c1ccccc1. The van der Waals surface area contributed by atoms with Crippen LogP contribution in [-0.4, -0.2) is 27.4 Å². The Morgan fingerprint density at radius 2 is 1.66 bits per heavy atom. The standard InChI is InChI=1S/C22H24N2O3S2/c1-17(13-14-18-9-5-3-6-10-18)23-22(25)21-20(15-16-28-21)24(2)29(26,27)19-11-7-4-8-12-19/h3-12,15-17H,13-14H2,1-2H3,(H,23,25)/t17-/m0/s1. The summed E-state index contributed by atoms with van der Waals surface area (Å²) in [7, 11) is -2.26. The van der Waals surface area contributed by atoms with Crippen LogP contribution in [0.4, 0.5) is 5.69 Å². The molecule has 5 nitrogen and oxygen atoms in total. The summed E-state index contributed by atoms with van der Waals surface area (Å²) in [5.74, 6) is -0.259. The van der Waals surface area contributed by atoms with E-state index in [1.54, 1.807) is 41.8 Å². The lowest BCUT2D eigenvalue weighted by Gasteiger charge is -2.20. The van der Waals surface area contributed by atoms with E-state index in [9.17, 15) is 13.2 Å². The van der Waals surface area contributed by atoms with E-state index in [2.05, 4.69) is 17.4 Å². The molecule has 1 atom stereocenters. The van der Waals surface area contributed by atoms with Gasteiger partial charge < -0.3 is 5.32 Å². The highest BCUT2D eigenvalue weighted by molar-refractivity contribution is 7.92. The van der Waals surface area contributed by atoms with E-state index in [1.165, 1.54) is 28.3 Å². The summed E-state index contributed by atoms with van der Waals surface area (Å²) in [6, 6.07) is 19.9. The highest BCUT2D eigenvalue weighted by Crippen LogP contribution is 2.29. The number of benzene rings is 2. The first-order valence-corrected chi connectivity index (χ1v) is 11.7. The molecule has 0 aliphatic heterocycles. The molecule has 0 aliphatic rings. The molecule has 0 saturated heterocycles. The van der Waals surface area contributed by atoms with Crippen LogP contribution in [0.5, 0.6) is 0 Å². The average molecular weight is 429 g/mol. The molecular formula is C22H24N2O3S2. The van der Waals surface area contributed by atoms with Crippen LogP contribution in [0.25, 0.3) is 0 Å². The predicted octanol–water partition coefficient (Wildman–Crippen LogP) is 4.32. The topological polar surface area (TPSA) is 66.5 Å². The largest absolute Gasteiger partial charge is 0.349 e. The number of hydrogen-bond donors (Lipinski definition) is 1. The number of amides is 1. The van der Waals surface area contributed by atoms with Crippen LogP contribution in [0.1, 0.15) is 28.6 Å². The van der Waals surface area contributed by atoms with Crippen molar-refractivity contribution in [1.29, 1.82) is 0 Å². The number of hydrogen-bond acceptors (Lipinski definition) is 4. The third-order valence-electron chi connectivity index (χ3n) is 4.68. The van der Waals surface area contributed by atoms with Gasteiger partial charge in [-0.3, -0.25) is 9.10 Å². The zero-order valence-corrected chi connectivity index (χ0v) is 18.0. The zero-order valence-electron chi connectivity index (χ0n) is 16.4. The Labute approximate surface area is 176 Å². The molecule has 29 heavy (non-hydrogen) atoms. The number of nitrogens with zero attached hydrogens (tertiary/aromatic N) is 1. The van der Waals surface area contributed by atoms with Gasteiger partial charge in [0.05, 0.1) is 10.6 Å². The number of carbonyl (C=O) groups is 1. The van der Waals surface area contributed by atoms with Crippen LogP contribution in [0.2, 0.25) is 0 Å². The van der Waals surface area contributed by atoms with E-state index < -0.39 is 10.0 Å². The second kappa shape index (κ2) is 9.24. The molecule has 3 rings (SSSR count). The first kappa shape index (κ1) is 21.1. The maximum absolute atomic E-state index is 12.9. The minimum absolute atomic E-state index is 0.0336. The van der Waals surface area contributed by atoms with Crippen LogP contribution < -0.4 is 9.62 Å². The quantitative estimate of drug-likeness (QED) is 0.581. The number of thiophene rings is 1. The molecule has 1 aromatic heterocycles. The molecule has 0 unspecified atom stereocenters. The summed E-state index contributed by atoms with van der Waals surface area (Å²) in [5, 5.41) is 4.72. The molecule has 0 aliphatic carbocycles. The van der Waals surface area contributed by atoms with Gasteiger partial charge in [-0.05, 0) is 48.9 Å². The van der Waals surface area contributed by atoms with Crippen molar-refractivity contribution in [1.82, 2.24) is 5.32 Å². The molecule has 1 amide bonds. The third-order valence-corrected chi connectivity index (χ3v) is 7.37. The summed E-state index contributed by atoms with van der Waals surface area (Å²) in [6.07, 6.45) is 1.66. The Kier molecular flexibility index (Phi) is 6.71. The normalized spacial score (nSPS) is 12.3. The lowest BCUT2D eigenvalue weighted by molar-refractivity contribution is 0.0943. The number of rotatable bonds is 8. The molecular weight excluding hydrogens is 404 g/mol. The van der Waals surface area contributed by atoms with Crippen LogP contribution in [0.15, 0.2) is 77.0 Å². The molecule has 1 heterocycles. The molecule has 2 aromatic carbocycles. The van der Waals surface area contributed by atoms with Crippen molar-refractivity contribution < 1.29 is 13.2 Å². The maximum Gasteiger partial charge on any atom is 0.264 e. The fourth-order valence-corrected chi connectivity index (χ4v) is 5.10. The van der Waals surface area contributed by atoms with Gasteiger partial charge >= 0.3 is 0 Å². The molecule has 0 fully saturated rings. The van der Waals surface area contributed by atoms with Gasteiger partial charge in [-0.2, -0.15) is 0 Å². The Bertz CT molecular complexity index is 1050. The van der Waals surface area contributed by atoms with Gasteiger partial charge in [-0.1, -0.05) is 48.5 Å². The van der Waals surface area contributed by atoms with Crippen molar-refractivity contribution in [3.8, 4) is 0 Å². The highest BCUT2D eigenvalue weighted by atomic mass is 32.2. The summed E-state index contributed by atoms with van der Waals surface area (Å²) >= 11 is 1.24. The van der Waals surface area contributed by atoms with E-state index in [4.69, 9.17) is 0 Å². The van der Waals surface area contributed by atoms with Crippen molar-refractivity contribution in [3.63, 3.8) is 0 Å². The minimum Gasteiger partial charge on any atom is -0.349 e. The Morgan fingerprint density at radius 1 is 1.03 bits per heavy atom. The minimum atomic E-state index is -3.73. The Morgan fingerprint density at radius 3 is 2.31 bits per heavy atom. The lowest BCUT2D eigenvalue weighted by atomic mass is 10.1. The van der Waals surface area contributed by atoms with E-state index >= 15 is 0 Å². The number of aryl methyl sites for hydroxylation is 1. The maximum atomic E-state index is 12.9. The summed E-state index contributed by atoms with van der Waals surface area (Å²) < 4.78 is 26.9. The van der Waals surface area contributed by atoms with Crippen molar-refractivity contribution >= 4 is 33.0 Å². The molecule has 0 saturated carbocycles. The predicted molar refractivity (Wildman–Crippen MR) is 118 cm³/mol. The van der Waals surface area contributed by atoms with E-state index in [0.29, 0.717) is 10.6 Å². The van der Waals surface area contributed by atoms with E-state index in [1.807, 2.05) is 25.1 Å². The fourth-order valence-electron chi connectivity index (χ4n) is 2.99. The van der Waals surface area contributed by atoms with Crippen molar-refractivity contribution in [2.45, 2.75) is 30.7 Å². The fraction of sp³-hybridized carbons (Fsp3) is 0.227. The van der Waals surface area contributed by atoms with Gasteiger partial charge in [0.2, 0.25) is 0 Å². The van der Waals surface area contributed by atoms with Crippen LogP contribution in [0, 0.1) is 0 Å². The van der Waals surface area contributed by atoms with Gasteiger partial charge in [-0.15, -0.1) is 11.3 Å². The van der Waals surface area contributed by atoms with Crippen molar-refractivity contribution in [2.24, 2.45) is 0 Å². The van der Waals surface area contributed by atoms with Crippen LogP contribution in [-0.2, 0) is 16.4 Å². The first-order valence-electron chi connectivity index (χ1n) is 9.36. The molecule has 0 spiro atoms. The van der Waals surface area contributed by atoms with Gasteiger partial charge in [0.25, 0.3) is 15.9 Å². The van der Waals surface area contributed by atoms with Crippen molar-refractivity contribution in [2.75, 3.05) is 11.4 Å². The number of nitrogens with one attached hydrogen (secondary N) is 1. The molecule has 0 bridgehead atoms. The van der Waals surface area contributed by atoms with E-state index in [-0.39, 0.29) is 16.8 Å². The second-order valence-electron chi connectivity index (χ2n) is 6.82. The number of sulfonamides is 1. The van der Waals surface area contributed by atoms with Gasteiger partial charge in [0, 0.05) is 13.1 Å². The van der Waals surface area contributed by atoms with Crippen LogP contribution in [0.3, 0.4) is 0 Å². The van der Waals surface area contributed by atoms with Gasteiger partial charge in [0.15, 0.2) is 0 Å². The summed E-state index contributed by atoms with van der Waals surface area (Å²) in [5.41, 5.74) is 1.60. The molecule has 0 radical (unpaired) electrons. The summed E-state index contributed by atoms with van der Waals surface area (Å²) in [4.78, 5) is 13.4. The monoisotopic (exact) mass is 428 g/mol. The second-order valence-corrected chi connectivity index (χ2v) is 9.70. The third kappa shape index (κ3) is 5.05. The number of carbonyl (C=O) groups excluding carboxylic acids is 1. The van der Waals surface area contributed by atoms with Crippen molar-refractivity contribution in [3.05, 3.63) is 82.6 Å². The lowest BCUT2D eigenvalue weighted by Crippen LogP contribution is -2.34. The Hall–Kier alpha value is -2.64. The molecule has 1 N–H and O–H groups in total. The van der Waals surface area contributed by atoms with Crippen LogP contribution >= 0.6 is 11.3 Å². The first-order chi connectivity index (χ1) is 13.9. The van der Waals surface area contributed by atoms with Gasteiger partial charge in [-0.25, -0.2) is 8.42 Å². The highest BCUT2D eigenvalue weighted by Gasteiger charge is 2.26. The number of anilines is 1. The Balaban J connectivity index is 1.69.